The lowest BCUT2D eigenvalue weighted by molar-refractivity contribution is -0.136. The normalized spacial score (nSPS) is 14.4. The van der Waals surface area contributed by atoms with E-state index < -0.39 is 0 Å². The lowest BCUT2D eigenvalue weighted by atomic mass is 10.3. The second-order valence-corrected chi connectivity index (χ2v) is 6.04. The van der Waals surface area contributed by atoms with Crippen molar-refractivity contribution in [1.82, 2.24) is 9.97 Å². The molecule has 4 nitrogen and oxygen atoms in total. The SMILES string of the molecule is Cc1sc(-c2ccc(Cl)nc2)nc1OC(=O)C1CC1. The lowest BCUT2D eigenvalue weighted by Crippen LogP contribution is -2.10. The summed E-state index contributed by atoms with van der Waals surface area (Å²) in [6, 6.07) is 3.56. The van der Waals surface area contributed by atoms with Crippen molar-refractivity contribution in [3.63, 3.8) is 0 Å². The molecule has 0 spiro atoms. The first-order valence-electron chi connectivity index (χ1n) is 5.94. The van der Waals surface area contributed by atoms with Crippen molar-refractivity contribution in [2.45, 2.75) is 19.8 Å². The number of ether oxygens (including phenoxy) is 1. The average Bonchev–Trinajstić information content (AvgIpc) is 3.17. The van der Waals surface area contributed by atoms with Gasteiger partial charge in [-0.05, 0) is 31.9 Å². The fourth-order valence-corrected chi connectivity index (χ4v) is 2.54. The van der Waals surface area contributed by atoms with Gasteiger partial charge in [0.1, 0.15) is 10.2 Å². The van der Waals surface area contributed by atoms with Crippen molar-refractivity contribution < 1.29 is 9.53 Å². The van der Waals surface area contributed by atoms with Crippen molar-refractivity contribution in [2.24, 2.45) is 5.92 Å². The molecule has 0 amide bonds. The summed E-state index contributed by atoms with van der Waals surface area (Å²) in [5, 5.41) is 1.22. The standard InChI is InChI=1S/C13H11ClN2O2S/c1-7-11(18-13(17)8-2-3-8)16-12(19-7)9-4-5-10(14)15-6-9/h4-6,8H,2-3H2,1H3. The first-order chi connectivity index (χ1) is 9.13. The monoisotopic (exact) mass is 294 g/mol. The number of pyridine rings is 1. The van der Waals surface area contributed by atoms with Crippen LogP contribution in [0.3, 0.4) is 0 Å². The van der Waals surface area contributed by atoms with Gasteiger partial charge < -0.3 is 4.74 Å². The van der Waals surface area contributed by atoms with Gasteiger partial charge in [-0.2, -0.15) is 0 Å². The number of hydrogen-bond acceptors (Lipinski definition) is 5. The zero-order chi connectivity index (χ0) is 13.4. The Morgan fingerprint density at radius 3 is 2.89 bits per heavy atom. The number of hydrogen-bond donors (Lipinski definition) is 0. The largest absolute Gasteiger partial charge is 0.406 e. The highest BCUT2D eigenvalue weighted by Crippen LogP contribution is 2.35. The minimum absolute atomic E-state index is 0.0711. The van der Waals surface area contributed by atoms with Crippen molar-refractivity contribution in [3.8, 4) is 16.5 Å². The van der Waals surface area contributed by atoms with Crippen LogP contribution in [-0.2, 0) is 4.79 Å². The van der Waals surface area contributed by atoms with E-state index in [2.05, 4.69) is 9.97 Å². The van der Waals surface area contributed by atoms with Gasteiger partial charge in [0.25, 0.3) is 0 Å². The average molecular weight is 295 g/mol. The molecule has 0 bridgehead atoms. The topological polar surface area (TPSA) is 52.1 Å². The molecule has 1 fully saturated rings. The van der Waals surface area contributed by atoms with Gasteiger partial charge >= 0.3 is 5.97 Å². The Labute approximate surface area is 119 Å². The molecule has 98 valence electrons. The van der Waals surface area contributed by atoms with Crippen LogP contribution in [0.2, 0.25) is 5.15 Å². The highest BCUT2D eigenvalue weighted by atomic mass is 35.5. The van der Waals surface area contributed by atoms with E-state index in [0.717, 1.165) is 28.3 Å². The summed E-state index contributed by atoms with van der Waals surface area (Å²) in [6.45, 7) is 1.89. The summed E-state index contributed by atoms with van der Waals surface area (Å²) in [5.41, 5.74) is 0.867. The maximum absolute atomic E-state index is 11.6. The summed E-state index contributed by atoms with van der Waals surface area (Å²) in [6.07, 6.45) is 3.51. The zero-order valence-corrected chi connectivity index (χ0v) is 11.8. The van der Waals surface area contributed by atoms with E-state index in [9.17, 15) is 4.79 Å². The van der Waals surface area contributed by atoms with Crippen LogP contribution in [-0.4, -0.2) is 15.9 Å². The van der Waals surface area contributed by atoms with E-state index in [-0.39, 0.29) is 11.9 Å². The van der Waals surface area contributed by atoms with E-state index in [1.807, 2.05) is 13.0 Å². The second kappa shape index (κ2) is 4.90. The van der Waals surface area contributed by atoms with E-state index in [4.69, 9.17) is 16.3 Å². The van der Waals surface area contributed by atoms with Gasteiger partial charge in [-0.25, -0.2) is 9.97 Å². The molecular weight excluding hydrogens is 284 g/mol. The van der Waals surface area contributed by atoms with Gasteiger partial charge in [0.05, 0.1) is 10.8 Å². The van der Waals surface area contributed by atoms with E-state index in [0.29, 0.717) is 11.0 Å². The molecule has 0 unspecified atom stereocenters. The molecule has 6 heteroatoms. The highest BCUT2D eigenvalue weighted by Gasteiger charge is 2.32. The Kier molecular flexibility index (Phi) is 3.24. The molecule has 0 aliphatic heterocycles. The molecule has 3 rings (SSSR count). The van der Waals surface area contributed by atoms with Crippen molar-refractivity contribution >= 4 is 28.9 Å². The van der Waals surface area contributed by atoms with E-state index >= 15 is 0 Å². The molecule has 1 aliphatic rings. The molecule has 0 aromatic carbocycles. The minimum Gasteiger partial charge on any atom is -0.406 e. The van der Waals surface area contributed by atoms with E-state index in [1.165, 1.54) is 11.3 Å². The Balaban J connectivity index is 1.83. The number of nitrogens with zero attached hydrogens (tertiary/aromatic N) is 2. The van der Waals surface area contributed by atoms with Crippen LogP contribution < -0.4 is 4.74 Å². The van der Waals surface area contributed by atoms with Gasteiger partial charge in [0.15, 0.2) is 0 Å². The molecule has 2 heterocycles. The van der Waals surface area contributed by atoms with Crippen LogP contribution in [0, 0.1) is 12.8 Å². The summed E-state index contributed by atoms with van der Waals surface area (Å²) < 4.78 is 5.31. The molecule has 2 aromatic heterocycles. The fraction of sp³-hybridized carbons (Fsp3) is 0.308. The minimum atomic E-state index is -0.172. The van der Waals surface area contributed by atoms with Crippen LogP contribution in [0.1, 0.15) is 17.7 Å². The summed E-state index contributed by atoms with van der Waals surface area (Å²) in [7, 11) is 0. The zero-order valence-electron chi connectivity index (χ0n) is 10.2. The molecule has 1 saturated carbocycles. The molecule has 0 atom stereocenters. The summed E-state index contributed by atoms with van der Waals surface area (Å²) >= 11 is 7.22. The third-order valence-electron chi connectivity index (χ3n) is 2.84. The Hall–Kier alpha value is -1.46. The first kappa shape index (κ1) is 12.6. The molecule has 1 aliphatic carbocycles. The molecule has 0 saturated heterocycles. The molecule has 0 N–H and O–H groups in total. The van der Waals surface area contributed by atoms with E-state index in [1.54, 1.807) is 12.3 Å². The number of esters is 1. The number of aromatic nitrogens is 2. The van der Waals surface area contributed by atoms with Crippen LogP contribution in [0.25, 0.3) is 10.6 Å². The predicted octanol–water partition coefficient (Wildman–Crippen LogP) is 3.48. The molecule has 0 radical (unpaired) electrons. The fourth-order valence-electron chi connectivity index (χ4n) is 1.60. The van der Waals surface area contributed by atoms with Gasteiger partial charge in [0, 0.05) is 11.8 Å². The van der Waals surface area contributed by atoms with Gasteiger partial charge in [-0.1, -0.05) is 11.6 Å². The Morgan fingerprint density at radius 2 is 2.26 bits per heavy atom. The Bertz CT molecular complexity index is 620. The number of thiazole rings is 1. The van der Waals surface area contributed by atoms with Crippen molar-refractivity contribution in [1.29, 1.82) is 0 Å². The molecule has 19 heavy (non-hydrogen) atoms. The first-order valence-corrected chi connectivity index (χ1v) is 7.14. The third-order valence-corrected chi connectivity index (χ3v) is 4.06. The van der Waals surface area contributed by atoms with Crippen LogP contribution >= 0.6 is 22.9 Å². The maximum atomic E-state index is 11.6. The van der Waals surface area contributed by atoms with Gasteiger partial charge in [-0.15, -0.1) is 11.3 Å². The van der Waals surface area contributed by atoms with Crippen molar-refractivity contribution in [2.75, 3.05) is 0 Å². The van der Waals surface area contributed by atoms with Crippen molar-refractivity contribution in [3.05, 3.63) is 28.4 Å². The third kappa shape index (κ3) is 2.77. The van der Waals surface area contributed by atoms with Crippen LogP contribution in [0.5, 0.6) is 5.88 Å². The van der Waals surface area contributed by atoms with Gasteiger partial charge in [-0.3, -0.25) is 4.79 Å². The maximum Gasteiger partial charge on any atom is 0.315 e. The van der Waals surface area contributed by atoms with Gasteiger partial charge in [0.2, 0.25) is 5.88 Å². The lowest BCUT2D eigenvalue weighted by Gasteiger charge is -1.99. The number of halogens is 1. The smallest absolute Gasteiger partial charge is 0.315 e. The predicted molar refractivity (Wildman–Crippen MR) is 73.5 cm³/mol. The van der Waals surface area contributed by atoms with Crippen LogP contribution in [0.4, 0.5) is 0 Å². The number of aryl methyl sites for hydroxylation is 1. The molecule has 2 aromatic rings. The number of carbonyl (C=O) groups is 1. The quantitative estimate of drug-likeness (QED) is 0.642. The highest BCUT2D eigenvalue weighted by molar-refractivity contribution is 7.15. The van der Waals surface area contributed by atoms with Crippen LogP contribution in [0.15, 0.2) is 18.3 Å². The summed E-state index contributed by atoms with van der Waals surface area (Å²) in [4.78, 5) is 20.9. The second-order valence-electron chi connectivity index (χ2n) is 4.45. The molecular formula is C13H11ClN2O2S. The number of carbonyl (C=O) groups excluding carboxylic acids is 1. The Morgan fingerprint density at radius 1 is 1.47 bits per heavy atom. The summed E-state index contributed by atoms with van der Waals surface area (Å²) in [5.74, 6) is 0.308. The number of rotatable bonds is 3.